The van der Waals surface area contributed by atoms with Gasteiger partial charge in [0.15, 0.2) is 0 Å². The largest absolute Gasteiger partial charge is 0.462 e. The van der Waals surface area contributed by atoms with E-state index in [1.807, 2.05) is 19.1 Å². The molecule has 190 valence electrons. The van der Waals surface area contributed by atoms with Gasteiger partial charge in [-0.05, 0) is 79.7 Å². The van der Waals surface area contributed by atoms with Crippen molar-refractivity contribution >= 4 is 11.5 Å². The average molecular weight is 475 g/mol. The second-order valence-electron chi connectivity index (χ2n) is 10.5. The van der Waals surface area contributed by atoms with Crippen molar-refractivity contribution in [1.82, 2.24) is 0 Å². The van der Waals surface area contributed by atoms with Gasteiger partial charge in [0.1, 0.15) is 11.9 Å². The quantitative estimate of drug-likeness (QED) is 0.280. The monoisotopic (exact) mass is 474 g/mol. The van der Waals surface area contributed by atoms with E-state index in [0.29, 0.717) is 18.4 Å². The minimum atomic E-state index is -0.617. The number of aliphatic hydroxyl groups excluding tert-OH is 1. The summed E-state index contributed by atoms with van der Waals surface area (Å²) in [6.45, 7) is 9.35. The lowest BCUT2D eigenvalue weighted by Gasteiger charge is -2.42. The van der Waals surface area contributed by atoms with E-state index in [1.165, 1.54) is 30.4 Å². The highest BCUT2D eigenvalue weighted by Gasteiger charge is 2.39. The maximum atomic E-state index is 14.1. The number of ether oxygens (including phenoxy) is 2. The smallest absolute Gasteiger partial charge is 0.308 e. The van der Waals surface area contributed by atoms with E-state index in [1.54, 1.807) is 6.07 Å². The van der Waals surface area contributed by atoms with Crippen molar-refractivity contribution in [1.29, 1.82) is 0 Å². The van der Waals surface area contributed by atoms with Gasteiger partial charge in [0.25, 0.3) is 0 Å². The van der Waals surface area contributed by atoms with Crippen LogP contribution in [0.1, 0.15) is 103 Å². The van der Waals surface area contributed by atoms with E-state index in [2.05, 4.69) is 20.8 Å². The highest BCUT2D eigenvalue weighted by atomic mass is 19.1. The van der Waals surface area contributed by atoms with Crippen LogP contribution in [0.15, 0.2) is 23.8 Å². The standard InChI is InChI=1S/C29H43FO4/c1-5-7-8-9-14-33-24-18-25(21-10-13-27(30)20(3)15-21)26(29(4,6-2)19-24)12-11-23-16-22(31)17-28(32)34-23/h10,13,15,22-24,31H,5-9,11-12,14,16-19H2,1-4H3/t22-,23-,24?,29?/m0/s1. The summed E-state index contributed by atoms with van der Waals surface area (Å²) in [4.78, 5) is 11.8. The summed E-state index contributed by atoms with van der Waals surface area (Å²) < 4.78 is 26.0. The molecule has 1 aliphatic heterocycles. The number of cyclic esters (lactones) is 1. The van der Waals surface area contributed by atoms with Gasteiger partial charge in [0, 0.05) is 13.0 Å². The number of hydrogen-bond donors (Lipinski definition) is 1. The summed E-state index contributed by atoms with van der Waals surface area (Å²) in [7, 11) is 0. The van der Waals surface area contributed by atoms with E-state index in [4.69, 9.17) is 9.47 Å². The second-order valence-corrected chi connectivity index (χ2v) is 10.5. The van der Waals surface area contributed by atoms with Crippen molar-refractivity contribution in [2.24, 2.45) is 5.41 Å². The maximum Gasteiger partial charge on any atom is 0.308 e. The Morgan fingerprint density at radius 3 is 2.68 bits per heavy atom. The zero-order valence-electron chi connectivity index (χ0n) is 21.5. The topological polar surface area (TPSA) is 55.8 Å². The minimum absolute atomic E-state index is 0.0404. The molecule has 1 heterocycles. The Morgan fingerprint density at radius 2 is 2.00 bits per heavy atom. The van der Waals surface area contributed by atoms with Gasteiger partial charge < -0.3 is 14.6 Å². The normalized spacial score (nSPS) is 27.7. The summed E-state index contributed by atoms with van der Waals surface area (Å²) >= 11 is 0. The van der Waals surface area contributed by atoms with Crippen LogP contribution in [-0.2, 0) is 14.3 Å². The third kappa shape index (κ3) is 6.91. The van der Waals surface area contributed by atoms with Crippen LogP contribution in [-0.4, -0.2) is 36.0 Å². The molecule has 1 aliphatic carbocycles. The van der Waals surface area contributed by atoms with Gasteiger partial charge in [-0.1, -0.05) is 51.7 Å². The van der Waals surface area contributed by atoms with Gasteiger partial charge in [-0.2, -0.15) is 0 Å². The number of allylic oxidation sites excluding steroid dienone is 1. The Morgan fingerprint density at radius 1 is 1.21 bits per heavy atom. The molecule has 0 amide bonds. The molecular formula is C29H43FO4. The van der Waals surface area contributed by atoms with Gasteiger partial charge >= 0.3 is 5.97 Å². The first-order valence-electron chi connectivity index (χ1n) is 13.2. The summed E-state index contributed by atoms with van der Waals surface area (Å²) in [5.74, 6) is -0.502. The lowest BCUT2D eigenvalue weighted by atomic mass is 9.65. The molecule has 1 aromatic carbocycles. The number of carbonyl (C=O) groups is 1. The van der Waals surface area contributed by atoms with Crippen LogP contribution < -0.4 is 0 Å². The van der Waals surface area contributed by atoms with Crippen LogP contribution in [0.4, 0.5) is 4.39 Å². The zero-order chi connectivity index (χ0) is 24.7. The predicted octanol–water partition coefficient (Wildman–Crippen LogP) is 6.91. The van der Waals surface area contributed by atoms with Gasteiger partial charge in [-0.15, -0.1) is 0 Å². The Hall–Kier alpha value is -1.72. The Balaban J connectivity index is 1.86. The van der Waals surface area contributed by atoms with E-state index in [-0.39, 0.29) is 35.8 Å². The van der Waals surface area contributed by atoms with Crippen LogP contribution in [0.25, 0.3) is 5.57 Å². The number of hydrogen-bond acceptors (Lipinski definition) is 4. The summed E-state index contributed by atoms with van der Waals surface area (Å²) in [6.07, 6.45) is 8.84. The molecule has 34 heavy (non-hydrogen) atoms. The van der Waals surface area contributed by atoms with E-state index in [0.717, 1.165) is 44.3 Å². The molecule has 5 heteroatoms. The van der Waals surface area contributed by atoms with Crippen LogP contribution >= 0.6 is 0 Å². The first-order valence-corrected chi connectivity index (χ1v) is 13.2. The summed E-state index contributed by atoms with van der Waals surface area (Å²) in [5.41, 5.74) is 4.28. The molecule has 3 rings (SSSR count). The number of benzene rings is 1. The van der Waals surface area contributed by atoms with E-state index < -0.39 is 6.10 Å². The Kier molecular flexibility index (Phi) is 9.73. The molecule has 4 nitrogen and oxygen atoms in total. The van der Waals surface area contributed by atoms with Crippen LogP contribution in [0, 0.1) is 18.2 Å². The molecule has 1 saturated heterocycles. The second kappa shape index (κ2) is 12.3. The number of esters is 1. The molecule has 4 atom stereocenters. The van der Waals surface area contributed by atoms with E-state index in [9.17, 15) is 14.3 Å². The first-order chi connectivity index (χ1) is 16.3. The lowest BCUT2D eigenvalue weighted by molar-refractivity contribution is -0.160. The fraction of sp³-hybridized carbons (Fsp3) is 0.690. The van der Waals surface area contributed by atoms with E-state index >= 15 is 0 Å². The molecule has 0 aromatic heterocycles. The van der Waals surface area contributed by atoms with Gasteiger partial charge in [0.05, 0.1) is 18.6 Å². The van der Waals surface area contributed by atoms with Crippen molar-refractivity contribution < 1.29 is 23.8 Å². The van der Waals surface area contributed by atoms with Crippen LogP contribution in [0.3, 0.4) is 0 Å². The summed E-state index contributed by atoms with van der Waals surface area (Å²) in [6, 6.07) is 5.41. The fourth-order valence-corrected chi connectivity index (χ4v) is 5.59. The Labute approximate surface area is 204 Å². The Bertz CT molecular complexity index is 864. The molecular weight excluding hydrogens is 431 g/mol. The van der Waals surface area contributed by atoms with Gasteiger partial charge in [0.2, 0.25) is 0 Å². The molecule has 1 aromatic rings. The lowest BCUT2D eigenvalue weighted by Crippen LogP contribution is -2.35. The number of rotatable bonds is 11. The van der Waals surface area contributed by atoms with Gasteiger partial charge in [-0.25, -0.2) is 4.39 Å². The third-order valence-corrected chi connectivity index (χ3v) is 7.79. The molecule has 0 saturated carbocycles. The maximum absolute atomic E-state index is 14.1. The molecule has 0 spiro atoms. The first kappa shape index (κ1) is 26.9. The number of halogens is 1. The number of unbranched alkanes of at least 4 members (excludes halogenated alkanes) is 3. The minimum Gasteiger partial charge on any atom is -0.462 e. The van der Waals surface area contributed by atoms with Crippen molar-refractivity contribution in [3.63, 3.8) is 0 Å². The summed E-state index contributed by atoms with van der Waals surface area (Å²) in [5, 5.41) is 10.0. The predicted molar refractivity (Wildman–Crippen MR) is 134 cm³/mol. The van der Waals surface area contributed by atoms with Crippen molar-refractivity contribution in [3.05, 3.63) is 40.7 Å². The average Bonchev–Trinajstić information content (AvgIpc) is 2.79. The molecule has 2 unspecified atom stereocenters. The number of aryl methyl sites for hydroxylation is 1. The molecule has 0 bridgehead atoms. The molecule has 0 radical (unpaired) electrons. The third-order valence-electron chi connectivity index (χ3n) is 7.79. The highest BCUT2D eigenvalue weighted by Crippen LogP contribution is 2.49. The molecule has 2 aliphatic rings. The SMILES string of the molecule is CCCCCCOC1CC(c2ccc(F)c(C)c2)=C(CC[C@H]2C[C@H](O)CC(=O)O2)C(C)(CC)C1. The molecule has 1 fully saturated rings. The number of carbonyl (C=O) groups excluding carboxylic acids is 1. The van der Waals surface area contributed by atoms with Gasteiger partial charge in [-0.3, -0.25) is 4.79 Å². The zero-order valence-corrected chi connectivity index (χ0v) is 21.5. The molecule has 1 N–H and O–H groups in total. The fourth-order valence-electron chi connectivity index (χ4n) is 5.59. The number of aliphatic hydroxyl groups is 1. The van der Waals surface area contributed by atoms with Crippen molar-refractivity contribution in [2.45, 2.75) is 117 Å². The van der Waals surface area contributed by atoms with Crippen molar-refractivity contribution in [2.75, 3.05) is 6.61 Å². The highest BCUT2D eigenvalue weighted by molar-refractivity contribution is 5.72. The van der Waals surface area contributed by atoms with Crippen LogP contribution in [0.5, 0.6) is 0 Å². The van der Waals surface area contributed by atoms with Crippen molar-refractivity contribution in [3.8, 4) is 0 Å². The van der Waals surface area contributed by atoms with Crippen LogP contribution in [0.2, 0.25) is 0 Å².